The van der Waals surface area contributed by atoms with Crippen LogP contribution in [0.25, 0.3) is 0 Å². The first-order valence-electron chi connectivity index (χ1n) is 10.5. The summed E-state index contributed by atoms with van der Waals surface area (Å²) in [6, 6.07) is 14.3. The van der Waals surface area contributed by atoms with Gasteiger partial charge in [-0.25, -0.2) is 0 Å². The second-order valence-electron chi connectivity index (χ2n) is 8.74. The van der Waals surface area contributed by atoms with Crippen LogP contribution in [0, 0.1) is 0 Å². The topological polar surface area (TPSA) is 42.0 Å². The van der Waals surface area contributed by atoms with Gasteiger partial charge in [0.05, 0.1) is 19.3 Å². The van der Waals surface area contributed by atoms with Crippen molar-refractivity contribution >= 4 is 35.0 Å². The van der Waals surface area contributed by atoms with Crippen molar-refractivity contribution in [2.24, 2.45) is 0 Å². The average molecular weight is 463 g/mol. The Hall–Kier alpha value is -1.89. The molecule has 1 atom stereocenters. The van der Waals surface area contributed by atoms with E-state index in [0.717, 1.165) is 45.9 Å². The highest BCUT2D eigenvalue weighted by atomic mass is 35.5. The number of benzene rings is 2. The van der Waals surface area contributed by atoms with Crippen molar-refractivity contribution in [2.45, 2.75) is 49.1 Å². The Morgan fingerprint density at radius 3 is 2.48 bits per heavy atom. The van der Waals surface area contributed by atoms with Gasteiger partial charge in [-0.1, -0.05) is 23.4 Å². The van der Waals surface area contributed by atoms with Gasteiger partial charge in [0.15, 0.2) is 0 Å². The Balaban J connectivity index is 1.70. The van der Waals surface area contributed by atoms with Gasteiger partial charge in [0.25, 0.3) is 0 Å². The maximum absolute atomic E-state index is 12.3. The van der Waals surface area contributed by atoms with Gasteiger partial charge in [0.2, 0.25) is 0 Å². The van der Waals surface area contributed by atoms with Crippen LogP contribution in [0.4, 0.5) is 5.69 Å². The van der Waals surface area contributed by atoms with Gasteiger partial charge in [-0.3, -0.25) is 9.69 Å². The van der Waals surface area contributed by atoms with Crippen molar-refractivity contribution in [1.82, 2.24) is 4.90 Å². The van der Waals surface area contributed by atoms with Crippen LogP contribution in [0.3, 0.4) is 0 Å². The highest BCUT2D eigenvalue weighted by Gasteiger charge is 2.28. The van der Waals surface area contributed by atoms with Gasteiger partial charge < -0.3 is 14.4 Å². The zero-order valence-electron chi connectivity index (χ0n) is 18.9. The van der Waals surface area contributed by atoms with Crippen LogP contribution in [0.5, 0.6) is 5.75 Å². The average Bonchev–Trinajstić information content (AvgIpc) is 2.70. The van der Waals surface area contributed by atoms with E-state index in [1.165, 1.54) is 0 Å². The summed E-state index contributed by atoms with van der Waals surface area (Å²) >= 11 is 8.06. The SMILES string of the molecule is COc1ccc(Sc2ccc(Cl)cc2N2CCN(CC(=O)OC(C)(C)C)[C@H](C)C2)cc1. The predicted molar refractivity (Wildman–Crippen MR) is 128 cm³/mol. The molecule has 1 fully saturated rings. The number of piperazine rings is 1. The summed E-state index contributed by atoms with van der Waals surface area (Å²) in [5.74, 6) is 0.668. The zero-order valence-corrected chi connectivity index (χ0v) is 20.4. The van der Waals surface area contributed by atoms with Gasteiger partial charge >= 0.3 is 5.97 Å². The summed E-state index contributed by atoms with van der Waals surface area (Å²) in [5.41, 5.74) is 0.661. The fourth-order valence-corrected chi connectivity index (χ4v) is 4.70. The molecule has 0 saturated carbocycles. The van der Waals surface area contributed by atoms with E-state index in [0.29, 0.717) is 6.54 Å². The third-order valence-electron chi connectivity index (χ3n) is 5.07. The van der Waals surface area contributed by atoms with Crippen molar-refractivity contribution in [3.05, 3.63) is 47.5 Å². The number of methoxy groups -OCH3 is 1. The maximum Gasteiger partial charge on any atom is 0.320 e. The van der Waals surface area contributed by atoms with Crippen LogP contribution >= 0.6 is 23.4 Å². The summed E-state index contributed by atoms with van der Waals surface area (Å²) < 4.78 is 10.8. The Kier molecular flexibility index (Phi) is 7.78. The first-order valence-corrected chi connectivity index (χ1v) is 11.7. The normalized spacial score (nSPS) is 17.5. The number of rotatable bonds is 6. The second-order valence-corrected chi connectivity index (χ2v) is 10.3. The molecule has 0 aromatic heterocycles. The molecule has 3 rings (SSSR count). The van der Waals surface area contributed by atoms with Gasteiger partial charge in [-0.2, -0.15) is 0 Å². The van der Waals surface area contributed by atoms with Crippen LogP contribution < -0.4 is 9.64 Å². The lowest BCUT2D eigenvalue weighted by molar-refractivity contribution is -0.156. The minimum atomic E-state index is -0.462. The van der Waals surface area contributed by atoms with E-state index in [9.17, 15) is 4.79 Å². The van der Waals surface area contributed by atoms with E-state index >= 15 is 0 Å². The molecule has 168 valence electrons. The van der Waals surface area contributed by atoms with Gasteiger partial charge in [0.1, 0.15) is 11.4 Å². The minimum absolute atomic E-state index is 0.175. The number of ether oxygens (including phenoxy) is 2. The molecule has 0 amide bonds. The van der Waals surface area contributed by atoms with Crippen LogP contribution in [0.15, 0.2) is 52.3 Å². The van der Waals surface area contributed by atoms with E-state index in [1.807, 2.05) is 45.0 Å². The van der Waals surface area contributed by atoms with Crippen molar-refractivity contribution in [3.63, 3.8) is 0 Å². The Morgan fingerprint density at radius 1 is 1.16 bits per heavy atom. The molecular weight excluding hydrogens is 432 g/mol. The Bertz CT molecular complexity index is 899. The molecule has 1 heterocycles. The molecule has 0 spiro atoms. The molecule has 1 aliphatic rings. The third kappa shape index (κ3) is 6.79. The molecule has 0 N–H and O–H groups in total. The van der Waals surface area contributed by atoms with Gasteiger partial charge in [-0.15, -0.1) is 0 Å². The van der Waals surface area contributed by atoms with Crippen molar-refractivity contribution in [2.75, 3.05) is 38.2 Å². The number of carbonyl (C=O) groups is 1. The number of hydrogen-bond donors (Lipinski definition) is 0. The molecule has 0 unspecified atom stereocenters. The van der Waals surface area contributed by atoms with Crippen molar-refractivity contribution in [3.8, 4) is 5.75 Å². The van der Waals surface area contributed by atoms with Crippen molar-refractivity contribution < 1.29 is 14.3 Å². The number of halogens is 1. The number of esters is 1. The molecule has 1 aliphatic heterocycles. The maximum atomic E-state index is 12.3. The van der Waals surface area contributed by atoms with Gasteiger partial charge in [-0.05, 0) is 70.2 Å². The first-order chi connectivity index (χ1) is 14.6. The van der Waals surface area contributed by atoms with E-state index in [1.54, 1.807) is 18.9 Å². The van der Waals surface area contributed by atoms with E-state index in [2.05, 4.69) is 34.9 Å². The fraction of sp³-hybridized carbons (Fsp3) is 0.458. The minimum Gasteiger partial charge on any atom is -0.497 e. The lowest BCUT2D eigenvalue weighted by Crippen LogP contribution is -2.53. The monoisotopic (exact) mass is 462 g/mol. The fourth-order valence-electron chi connectivity index (χ4n) is 3.58. The smallest absolute Gasteiger partial charge is 0.320 e. The van der Waals surface area contributed by atoms with Crippen LogP contribution in [0.2, 0.25) is 5.02 Å². The first kappa shape index (κ1) is 23.8. The summed E-state index contributed by atoms with van der Waals surface area (Å²) in [5, 5.41) is 0.720. The molecular formula is C24H31ClN2O3S. The van der Waals surface area contributed by atoms with E-state index in [4.69, 9.17) is 21.1 Å². The standard InChI is InChI=1S/C24H31ClN2O3S/c1-17-15-27(13-12-26(17)16-23(28)30-24(2,3)4)21-14-18(25)6-11-22(21)31-20-9-7-19(29-5)8-10-20/h6-11,14,17H,12-13,15-16H2,1-5H3/t17-/m1/s1. The van der Waals surface area contributed by atoms with E-state index < -0.39 is 5.60 Å². The summed E-state index contributed by atoms with van der Waals surface area (Å²) in [6.07, 6.45) is 0. The number of nitrogens with zero attached hydrogens (tertiary/aromatic N) is 2. The molecule has 1 saturated heterocycles. The molecule has 0 radical (unpaired) electrons. The summed E-state index contributed by atoms with van der Waals surface area (Å²) in [4.78, 5) is 19.1. The Morgan fingerprint density at radius 2 is 1.87 bits per heavy atom. The third-order valence-corrected chi connectivity index (χ3v) is 6.37. The molecule has 0 aliphatic carbocycles. The quantitative estimate of drug-likeness (QED) is 0.539. The van der Waals surface area contributed by atoms with Crippen LogP contribution in [-0.2, 0) is 9.53 Å². The molecule has 2 aromatic rings. The Labute approximate surface area is 194 Å². The lowest BCUT2D eigenvalue weighted by Gasteiger charge is -2.41. The highest BCUT2D eigenvalue weighted by Crippen LogP contribution is 2.38. The highest BCUT2D eigenvalue weighted by molar-refractivity contribution is 7.99. The molecule has 2 aromatic carbocycles. The number of anilines is 1. The van der Waals surface area contributed by atoms with Crippen LogP contribution in [-0.4, -0.2) is 55.8 Å². The summed E-state index contributed by atoms with van der Waals surface area (Å²) in [7, 11) is 1.67. The number of hydrogen-bond acceptors (Lipinski definition) is 6. The number of carbonyl (C=O) groups excluding carboxylic acids is 1. The largest absolute Gasteiger partial charge is 0.497 e. The second kappa shape index (κ2) is 10.2. The van der Waals surface area contributed by atoms with Crippen LogP contribution in [0.1, 0.15) is 27.7 Å². The van der Waals surface area contributed by atoms with Crippen molar-refractivity contribution in [1.29, 1.82) is 0 Å². The van der Waals surface area contributed by atoms with Gasteiger partial charge in [0, 0.05) is 40.5 Å². The molecule has 31 heavy (non-hydrogen) atoms. The zero-order chi connectivity index (χ0) is 22.6. The van der Waals surface area contributed by atoms with E-state index in [-0.39, 0.29) is 12.0 Å². The summed E-state index contributed by atoms with van der Waals surface area (Å²) in [6.45, 7) is 10.6. The predicted octanol–water partition coefficient (Wildman–Crippen LogP) is 5.35. The molecule has 5 nitrogen and oxygen atoms in total. The molecule has 7 heteroatoms. The molecule has 0 bridgehead atoms. The lowest BCUT2D eigenvalue weighted by atomic mass is 10.1.